The zero-order chi connectivity index (χ0) is 16.5. The molecule has 3 aromatic rings. The summed E-state index contributed by atoms with van der Waals surface area (Å²) in [5.41, 5.74) is 3.29. The molecule has 0 unspecified atom stereocenters. The molecule has 0 N–H and O–H groups in total. The molecule has 0 aromatic heterocycles. The van der Waals surface area contributed by atoms with Crippen LogP contribution in [0.2, 0.25) is 0 Å². The minimum atomic E-state index is -0.329. The zero-order valence-corrected chi connectivity index (χ0v) is 14.6. The molecule has 4 rings (SSSR count). The molecule has 116 valence electrons. The third-order valence-electron chi connectivity index (χ3n) is 4.61. The number of aliphatic imine (C=N–C) groups is 1. The lowest BCUT2D eigenvalue weighted by atomic mass is 9.89. The standard InChI is InChI=1S/C21H15BrN2/c22-19-8-4-3-7-17(19)18-12-20(24-21(18)13-23)16-10-9-14-5-1-2-6-15(14)11-16/h1-11,18,21H,12H2/t18-,21-/m1/s1. The van der Waals surface area contributed by atoms with Crippen LogP contribution in [-0.2, 0) is 0 Å². The van der Waals surface area contributed by atoms with Crippen molar-refractivity contribution < 1.29 is 0 Å². The van der Waals surface area contributed by atoms with E-state index in [-0.39, 0.29) is 12.0 Å². The van der Waals surface area contributed by atoms with Gasteiger partial charge in [0.2, 0.25) is 0 Å². The summed E-state index contributed by atoms with van der Waals surface area (Å²) in [6, 6.07) is 24.9. The van der Waals surface area contributed by atoms with Gasteiger partial charge in [0.25, 0.3) is 0 Å². The Kier molecular flexibility index (Phi) is 3.92. The molecule has 3 aromatic carbocycles. The Morgan fingerprint density at radius 1 is 0.958 bits per heavy atom. The fraction of sp³-hybridized carbons (Fsp3) is 0.143. The van der Waals surface area contributed by atoms with Gasteiger partial charge in [0.1, 0.15) is 6.04 Å². The molecule has 2 nitrogen and oxygen atoms in total. The first kappa shape index (κ1) is 15.1. The van der Waals surface area contributed by atoms with Gasteiger partial charge in [-0.05, 0) is 40.5 Å². The van der Waals surface area contributed by atoms with Crippen molar-refractivity contribution in [2.24, 2.45) is 4.99 Å². The number of nitrogens with zero attached hydrogens (tertiary/aromatic N) is 2. The summed E-state index contributed by atoms with van der Waals surface area (Å²) in [6.07, 6.45) is 0.791. The van der Waals surface area contributed by atoms with Crippen LogP contribution in [0.5, 0.6) is 0 Å². The normalized spacial score (nSPS) is 19.9. The summed E-state index contributed by atoms with van der Waals surface area (Å²) in [5, 5.41) is 12.0. The molecule has 3 heteroatoms. The van der Waals surface area contributed by atoms with Gasteiger partial charge in [0.15, 0.2) is 0 Å². The summed E-state index contributed by atoms with van der Waals surface area (Å²) >= 11 is 3.61. The number of hydrogen-bond acceptors (Lipinski definition) is 2. The molecule has 0 bridgehead atoms. The fourth-order valence-corrected chi connectivity index (χ4v) is 3.95. The molecule has 0 aliphatic carbocycles. The lowest BCUT2D eigenvalue weighted by Gasteiger charge is -2.14. The van der Waals surface area contributed by atoms with Crippen LogP contribution in [0.3, 0.4) is 0 Å². The van der Waals surface area contributed by atoms with Gasteiger partial charge in [-0.1, -0.05) is 70.5 Å². The number of rotatable bonds is 2. The van der Waals surface area contributed by atoms with E-state index in [1.165, 1.54) is 10.8 Å². The first-order chi connectivity index (χ1) is 11.8. The van der Waals surface area contributed by atoms with Crippen LogP contribution in [-0.4, -0.2) is 11.8 Å². The van der Waals surface area contributed by atoms with E-state index in [1.54, 1.807) is 0 Å². The monoisotopic (exact) mass is 374 g/mol. The second kappa shape index (κ2) is 6.22. The number of hydrogen-bond donors (Lipinski definition) is 0. The third kappa shape index (κ3) is 2.64. The van der Waals surface area contributed by atoms with E-state index in [9.17, 15) is 5.26 Å². The predicted molar refractivity (Wildman–Crippen MR) is 101 cm³/mol. The van der Waals surface area contributed by atoms with Crippen LogP contribution in [0.25, 0.3) is 10.8 Å². The first-order valence-electron chi connectivity index (χ1n) is 7.96. The van der Waals surface area contributed by atoms with Gasteiger partial charge < -0.3 is 0 Å². The molecule has 0 fully saturated rings. The van der Waals surface area contributed by atoms with Crippen molar-refractivity contribution in [3.8, 4) is 6.07 Å². The average molecular weight is 375 g/mol. The van der Waals surface area contributed by atoms with E-state index in [0.29, 0.717) is 0 Å². The molecule has 2 atom stereocenters. The van der Waals surface area contributed by atoms with Crippen molar-refractivity contribution >= 4 is 32.4 Å². The summed E-state index contributed by atoms with van der Waals surface area (Å²) in [5.74, 6) is 0.104. The van der Waals surface area contributed by atoms with Crippen molar-refractivity contribution in [1.82, 2.24) is 0 Å². The van der Waals surface area contributed by atoms with E-state index < -0.39 is 0 Å². The predicted octanol–water partition coefficient (Wildman–Crippen LogP) is 5.47. The highest BCUT2D eigenvalue weighted by Crippen LogP contribution is 2.37. The van der Waals surface area contributed by atoms with Gasteiger partial charge in [0, 0.05) is 16.1 Å². The fourth-order valence-electron chi connectivity index (χ4n) is 3.37. The maximum absolute atomic E-state index is 9.55. The summed E-state index contributed by atoms with van der Waals surface area (Å²) in [7, 11) is 0. The van der Waals surface area contributed by atoms with Gasteiger partial charge >= 0.3 is 0 Å². The van der Waals surface area contributed by atoms with E-state index in [0.717, 1.165) is 27.7 Å². The van der Waals surface area contributed by atoms with Crippen LogP contribution in [0.15, 0.2) is 76.2 Å². The molecule has 1 aliphatic rings. The van der Waals surface area contributed by atoms with Crippen LogP contribution >= 0.6 is 15.9 Å². The number of benzene rings is 3. The highest BCUT2D eigenvalue weighted by molar-refractivity contribution is 9.10. The van der Waals surface area contributed by atoms with E-state index in [4.69, 9.17) is 4.99 Å². The Morgan fingerprint density at radius 2 is 1.71 bits per heavy atom. The quantitative estimate of drug-likeness (QED) is 0.585. The molecule has 0 saturated carbocycles. The molecule has 1 aliphatic heterocycles. The van der Waals surface area contributed by atoms with Crippen LogP contribution < -0.4 is 0 Å². The van der Waals surface area contributed by atoms with Crippen molar-refractivity contribution in [3.05, 3.63) is 82.3 Å². The molecule has 0 radical (unpaired) electrons. The molecule has 0 spiro atoms. The molecular weight excluding hydrogens is 360 g/mol. The minimum Gasteiger partial charge on any atom is -0.270 e. The number of nitriles is 1. The minimum absolute atomic E-state index is 0.104. The van der Waals surface area contributed by atoms with E-state index >= 15 is 0 Å². The van der Waals surface area contributed by atoms with Crippen molar-refractivity contribution in [3.63, 3.8) is 0 Å². The summed E-state index contributed by atoms with van der Waals surface area (Å²) in [4.78, 5) is 4.72. The Balaban J connectivity index is 1.72. The molecule has 24 heavy (non-hydrogen) atoms. The van der Waals surface area contributed by atoms with Gasteiger partial charge in [-0.15, -0.1) is 0 Å². The molecule has 1 heterocycles. The van der Waals surface area contributed by atoms with E-state index in [2.05, 4.69) is 58.4 Å². The maximum Gasteiger partial charge on any atom is 0.144 e. The third-order valence-corrected chi connectivity index (χ3v) is 5.33. The Morgan fingerprint density at radius 3 is 2.50 bits per heavy atom. The first-order valence-corrected chi connectivity index (χ1v) is 8.75. The average Bonchev–Trinajstić information content (AvgIpc) is 3.06. The smallest absolute Gasteiger partial charge is 0.144 e. The molecular formula is C21H15BrN2. The van der Waals surface area contributed by atoms with Crippen molar-refractivity contribution in [2.75, 3.05) is 0 Å². The van der Waals surface area contributed by atoms with Gasteiger partial charge in [0.05, 0.1) is 6.07 Å². The molecule has 0 amide bonds. The van der Waals surface area contributed by atoms with Gasteiger partial charge in [-0.25, -0.2) is 0 Å². The van der Waals surface area contributed by atoms with Crippen LogP contribution in [0.1, 0.15) is 23.5 Å². The summed E-state index contributed by atoms with van der Waals surface area (Å²) < 4.78 is 1.05. The molecule has 0 saturated heterocycles. The Labute approximate surface area is 149 Å². The largest absolute Gasteiger partial charge is 0.270 e. The van der Waals surface area contributed by atoms with Crippen LogP contribution in [0, 0.1) is 11.3 Å². The van der Waals surface area contributed by atoms with Gasteiger partial charge in [-0.3, -0.25) is 4.99 Å². The Hall–Kier alpha value is -2.44. The SMILES string of the molecule is N#C[C@H]1N=C(c2ccc3ccccc3c2)C[C@@H]1c1ccccc1Br. The number of fused-ring (bicyclic) bond motifs is 1. The topological polar surface area (TPSA) is 36.1 Å². The Bertz CT molecular complexity index is 984. The van der Waals surface area contributed by atoms with Crippen molar-refractivity contribution in [2.45, 2.75) is 18.4 Å². The van der Waals surface area contributed by atoms with Crippen LogP contribution in [0.4, 0.5) is 0 Å². The van der Waals surface area contributed by atoms with Gasteiger partial charge in [-0.2, -0.15) is 5.26 Å². The maximum atomic E-state index is 9.55. The zero-order valence-electron chi connectivity index (χ0n) is 13.0. The van der Waals surface area contributed by atoms with E-state index in [1.807, 2.05) is 30.3 Å². The lowest BCUT2D eigenvalue weighted by Crippen LogP contribution is -2.10. The second-order valence-electron chi connectivity index (χ2n) is 6.04. The second-order valence-corrected chi connectivity index (χ2v) is 6.90. The number of halogens is 1. The lowest BCUT2D eigenvalue weighted by molar-refractivity contribution is 0.684. The highest BCUT2D eigenvalue weighted by atomic mass is 79.9. The summed E-state index contributed by atoms with van der Waals surface area (Å²) in [6.45, 7) is 0. The highest BCUT2D eigenvalue weighted by Gasteiger charge is 2.32. The van der Waals surface area contributed by atoms with Crippen molar-refractivity contribution in [1.29, 1.82) is 5.26 Å².